The van der Waals surface area contributed by atoms with Crippen molar-refractivity contribution >= 4 is 27.5 Å². The summed E-state index contributed by atoms with van der Waals surface area (Å²) in [4.78, 5) is 28.2. The number of hydrogen-bond acceptors (Lipinski definition) is 4. The summed E-state index contributed by atoms with van der Waals surface area (Å²) in [6.07, 6.45) is 1.20. The zero-order chi connectivity index (χ0) is 27.2. The fraction of sp³-hybridized carbons (Fsp3) is 0.286. The van der Waals surface area contributed by atoms with Crippen LogP contribution in [-0.2, 0) is 32.6 Å². The smallest absolute Gasteiger partial charge is 0.244 e. The third-order valence-corrected chi connectivity index (χ3v) is 7.30. The number of aryl methyl sites for hydroxylation is 2. The van der Waals surface area contributed by atoms with Crippen molar-refractivity contribution in [2.45, 2.75) is 32.9 Å². The van der Waals surface area contributed by atoms with Gasteiger partial charge in [-0.15, -0.1) is 0 Å². The van der Waals surface area contributed by atoms with E-state index in [4.69, 9.17) is 0 Å². The van der Waals surface area contributed by atoms with Crippen LogP contribution in [0, 0.1) is 19.7 Å². The van der Waals surface area contributed by atoms with Crippen LogP contribution in [0.15, 0.2) is 72.8 Å². The van der Waals surface area contributed by atoms with Gasteiger partial charge in [0.05, 0.1) is 11.9 Å². The van der Waals surface area contributed by atoms with Crippen LogP contribution in [0.2, 0.25) is 0 Å². The van der Waals surface area contributed by atoms with Gasteiger partial charge in [0.2, 0.25) is 21.8 Å². The summed E-state index contributed by atoms with van der Waals surface area (Å²) in [7, 11) is -2.41. The SMILES string of the molecule is CNC(=O)[C@@H](Cc1ccccc1)N(Cc1ccccc1F)C(=O)CN(c1c(C)cccc1C)S(C)(=O)=O. The first-order valence-electron chi connectivity index (χ1n) is 11.8. The minimum Gasteiger partial charge on any atom is -0.357 e. The number of nitrogens with zero attached hydrogens (tertiary/aromatic N) is 2. The molecule has 0 bridgehead atoms. The van der Waals surface area contributed by atoms with Gasteiger partial charge in [-0.3, -0.25) is 13.9 Å². The van der Waals surface area contributed by atoms with Crippen molar-refractivity contribution in [1.29, 1.82) is 0 Å². The zero-order valence-corrected chi connectivity index (χ0v) is 22.3. The largest absolute Gasteiger partial charge is 0.357 e. The number of halogens is 1. The van der Waals surface area contributed by atoms with Crippen LogP contribution in [0.1, 0.15) is 22.3 Å². The van der Waals surface area contributed by atoms with E-state index in [0.717, 1.165) is 16.1 Å². The van der Waals surface area contributed by atoms with E-state index in [1.807, 2.05) is 36.4 Å². The van der Waals surface area contributed by atoms with Gasteiger partial charge in [-0.05, 0) is 36.6 Å². The summed E-state index contributed by atoms with van der Waals surface area (Å²) in [5.41, 5.74) is 2.80. The predicted octanol–water partition coefficient (Wildman–Crippen LogP) is 3.59. The summed E-state index contributed by atoms with van der Waals surface area (Å²) in [5.74, 6) is -1.59. The van der Waals surface area contributed by atoms with Crippen LogP contribution < -0.4 is 9.62 Å². The predicted molar refractivity (Wildman–Crippen MR) is 143 cm³/mol. The molecule has 9 heteroatoms. The molecule has 0 saturated carbocycles. The molecule has 37 heavy (non-hydrogen) atoms. The van der Waals surface area contributed by atoms with Crippen molar-refractivity contribution in [3.8, 4) is 0 Å². The number of para-hydroxylation sites is 1. The van der Waals surface area contributed by atoms with Gasteiger partial charge in [0.25, 0.3) is 0 Å². The second kappa shape index (κ2) is 12.0. The van der Waals surface area contributed by atoms with Gasteiger partial charge in [0, 0.05) is 25.6 Å². The van der Waals surface area contributed by atoms with Crippen molar-refractivity contribution in [1.82, 2.24) is 10.2 Å². The van der Waals surface area contributed by atoms with Crippen molar-refractivity contribution in [3.05, 3.63) is 101 Å². The monoisotopic (exact) mass is 525 g/mol. The normalized spacial score (nSPS) is 12.0. The molecule has 0 spiro atoms. The van der Waals surface area contributed by atoms with Gasteiger partial charge in [-0.2, -0.15) is 0 Å². The number of carbonyl (C=O) groups is 2. The van der Waals surface area contributed by atoms with Crippen LogP contribution in [0.5, 0.6) is 0 Å². The standard InChI is InChI=1S/C28H32FN3O4S/c1-20-11-10-12-21(2)27(20)32(37(4,35)36)19-26(33)31(18-23-15-8-9-16-24(23)29)25(28(34)30-3)17-22-13-6-5-7-14-22/h5-16,25H,17-19H2,1-4H3,(H,30,34)/t25-/m1/s1. The summed E-state index contributed by atoms with van der Waals surface area (Å²) < 4.78 is 41.5. The molecule has 1 atom stereocenters. The highest BCUT2D eigenvalue weighted by Gasteiger charge is 2.33. The molecule has 0 aliphatic rings. The van der Waals surface area contributed by atoms with Crippen molar-refractivity contribution in [2.75, 3.05) is 24.2 Å². The highest BCUT2D eigenvalue weighted by Crippen LogP contribution is 2.27. The Hall–Kier alpha value is -3.72. The molecule has 0 heterocycles. The number of carbonyl (C=O) groups excluding carboxylic acids is 2. The molecule has 0 radical (unpaired) electrons. The quantitative estimate of drug-likeness (QED) is 0.438. The molecule has 3 aromatic carbocycles. The molecule has 0 aliphatic carbocycles. The van der Waals surface area contributed by atoms with Gasteiger partial charge >= 0.3 is 0 Å². The molecule has 0 fully saturated rings. The minimum absolute atomic E-state index is 0.170. The fourth-order valence-corrected chi connectivity index (χ4v) is 5.27. The highest BCUT2D eigenvalue weighted by molar-refractivity contribution is 7.92. The van der Waals surface area contributed by atoms with E-state index in [1.165, 1.54) is 24.1 Å². The lowest BCUT2D eigenvalue weighted by atomic mass is 10.0. The molecule has 0 aliphatic heterocycles. The molecule has 1 N–H and O–H groups in total. The van der Waals surface area contributed by atoms with Crippen molar-refractivity contribution in [2.24, 2.45) is 0 Å². The Balaban J connectivity index is 2.08. The Morgan fingerprint density at radius 3 is 2.08 bits per heavy atom. The minimum atomic E-state index is -3.87. The highest BCUT2D eigenvalue weighted by atomic mass is 32.2. The van der Waals surface area contributed by atoms with Crippen LogP contribution >= 0.6 is 0 Å². The van der Waals surface area contributed by atoms with Gasteiger partial charge in [0.1, 0.15) is 18.4 Å². The summed E-state index contributed by atoms with van der Waals surface area (Å²) >= 11 is 0. The number of likely N-dealkylation sites (N-methyl/N-ethyl adjacent to an activating group) is 1. The molecule has 0 aromatic heterocycles. The lowest BCUT2D eigenvalue weighted by Crippen LogP contribution is -2.53. The molecule has 0 unspecified atom stereocenters. The van der Waals surface area contributed by atoms with Gasteiger partial charge in [0.15, 0.2) is 0 Å². The number of hydrogen-bond donors (Lipinski definition) is 1. The van der Waals surface area contributed by atoms with Gasteiger partial charge < -0.3 is 10.2 Å². The number of sulfonamides is 1. The fourth-order valence-electron chi connectivity index (χ4n) is 4.31. The van der Waals surface area contributed by atoms with Crippen molar-refractivity contribution < 1.29 is 22.4 Å². The second-order valence-corrected chi connectivity index (χ2v) is 10.8. The Bertz CT molecular complexity index is 1340. The van der Waals surface area contributed by atoms with Crippen LogP contribution in [0.4, 0.5) is 10.1 Å². The van der Waals surface area contributed by atoms with E-state index in [1.54, 1.807) is 38.1 Å². The molecule has 0 saturated heterocycles. The average Bonchev–Trinajstić information content (AvgIpc) is 2.86. The average molecular weight is 526 g/mol. The van der Waals surface area contributed by atoms with Crippen LogP contribution in [0.25, 0.3) is 0 Å². The molecule has 3 aromatic rings. The van der Waals surface area contributed by atoms with Crippen LogP contribution in [-0.4, -0.2) is 51.0 Å². The summed E-state index contributed by atoms with van der Waals surface area (Å²) in [6, 6.07) is 19.5. The topological polar surface area (TPSA) is 86.8 Å². The number of nitrogens with one attached hydrogen (secondary N) is 1. The molecule has 7 nitrogen and oxygen atoms in total. The Morgan fingerprint density at radius 1 is 0.919 bits per heavy atom. The molecular formula is C28H32FN3O4S. The number of benzene rings is 3. The maximum absolute atomic E-state index is 14.7. The van der Waals surface area contributed by atoms with Crippen molar-refractivity contribution in [3.63, 3.8) is 0 Å². The second-order valence-electron chi connectivity index (χ2n) is 8.94. The zero-order valence-electron chi connectivity index (χ0n) is 21.4. The van der Waals surface area contributed by atoms with E-state index in [9.17, 15) is 22.4 Å². The molecular weight excluding hydrogens is 493 g/mol. The molecule has 2 amide bonds. The van der Waals surface area contributed by atoms with E-state index >= 15 is 0 Å². The molecule has 196 valence electrons. The van der Waals surface area contributed by atoms with E-state index in [-0.39, 0.29) is 18.5 Å². The molecule has 3 rings (SSSR count). The summed E-state index contributed by atoms with van der Waals surface area (Å²) in [6.45, 7) is 2.79. The summed E-state index contributed by atoms with van der Waals surface area (Å²) in [5, 5.41) is 2.60. The van der Waals surface area contributed by atoms with E-state index in [2.05, 4.69) is 5.32 Å². The first kappa shape index (κ1) is 27.9. The van der Waals surface area contributed by atoms with E-state index in [0.29, 0.717) is 16.8 Å². The maximum atomic E-state index is 14.7. The number of rotatable bonds is 10. The third kappa shape index (κ3) is 6.95. The lowest BCUT2D eigenvalue weighted by Gasteiger charge is -2.34. The van der Waals surface area contributed by atoms with E-state index < -0.39 is 40.2 Å². The third-order valence-electron chi connectivity index (χ3n) is 6.18. The Kier molecular flexibility index (Phi) is 9.04. The van der Waals surface area contributed by atoms with Gasteiger partial charge in [-0.1, -0.05) is 66.7 Å². The lowest BCUT2D eigenvalue weighted by molar-refractivity contribution is -0.139. The Labute approximate surface area is 218 Å². The first-order chi connectivity index (χ1) is 17.5. The first-order valence-corrected chi connectivity index (χ1v) is 13.7. The van der Waals surface area contributed by atoms with Crippen LogP contribution in [0.3, 0.4) is 0 Å². The number of anilines is 1. The Morgan fingerprint density at radius 2 is 1.51 bits per heavy atom. The number of amides is 2. The maximum Gasteiger partial charge on any atom is 0.244 e. The van der Waals surface area contributed by atoms with Gasteiger partial charge in [-0.25, -0.2) is 12.8 Å².